The number of hydrogen-bond donors (Lipinski definition) is 1. The van der Waals surface area contributed by atoms with Crippen molar-refractivity contribution in [1.82, 2.24) is 5.16 Å². The molecule has 1 fully saturated rings. The quantitative estimate of drug-likeness (QED) is 0.646. The van der Waals surface area contributed by atoms with E-state index >= 15 is 0 Å². The van der Waals surface area contributed by atoms with Gasteiger partial charge in [-0.3, -0.25) is 4.79 Å². The molecule has 0 radical (unpaired) electrons. The highest BCUT2D eigenvalue weighted by Gasteiger charge is 2.29. The second-order valence-corrected chi connectivity index (χ2v) is 4.34. The number of benzene rings is 1. The van der Waals surface area contributed by atoms with E-state index in [-0.39, 0.29) is 5.78 Å². The van der Waals surface area contributed by atoms with Crippen molar-refractivity contribution >= 4 is 11.5 Å². The SMILES string of the molecule is Nc1cccc(C(=O)c2cc(C3CC3)on2)c1. The number of hydrogen-bond acceptors (Lipinski definition) is 4. The molecule has 1 aromatic heterocycles. The molecule has 2 N–H and O–H groups in total. The number of carbonyl (C=O) groups excluding carboxylic acids is 1. The van der Waals surface area contributed by atoms with Gasteiger partial charge < -0.3 is 10.3 Å². The lowest BCUT2D eigenvalue weighted by Crippen LogP contribution is -2.02. The molecular weight excluding hydrogens is 216 g/mol. The molecule has 17 heavy (non-hydrogen) atoms. The normalized spacial score (nSPS) is 14.8. The lowest BCUT2D eigenvalue weighted by atomic mass is 10.1. The summed E-state index contributed by atoms with van der Waals surface area (Å²) in [6.07, 6.45) is 2.25. The van der Waals surface area contributed by atoms with Crippen LogP contribution in [0.15, 0.2) is 34.9 Å². The number of rotatable bonds is 3. The highest BCUT2D eigenvalue weighted by atomic mass is 16.5. The van der Waals surface area contributed by atoms with E-state index in [1.54, 1.807) is 30.3 Å². The van der Waals surface area contributed by atoms with Crippen molar-refractivity contribution in [3.63, 3.8) is 0 Å². The molecule has 1 aliphatic carbocycles. The molecule has 3 rings (SSSR count). The molecule has 0 bridgehead atoms. The molecule has 0 saturated heterocycles. The Kier molecular flexibility index (Phi) is 2.21. The van der Waals surface area contributed by atoms with Crippen LogP contribution >= 0.6 is 0 Å². The molecular formula is C13H12N2O2. The first kappa shape index (κ1) is 10.1. The predicted octanol–water partition coefficient (Wildman–Crippen LogP) is 2.37. The van der Waals surface area contributed by atoms with Crippen LogP contribution in [0.25, 0.3) is 0 Å². The Morgan fingerprint density at radius 1 is 1.35 bits per heavy atom. The van der Waals surface area contributed by atoms with Gasteiger partial charge in [-0.25, -0.2) is 0 Å². The van der Waals surface area contributed by atoms with E-state index in [9.17, 15) is 4.79 Å². The van der Waals surface area contributed by atoms with Crippen molar-refractivity contribution in [2.24, 2.45) is 0 Å². The number of aromatic nitrogens is 1. The first-order valence-corrected chi connectivity index (χ1v) is 5.61. The molecule has 0 amide bonds. The Morgan fingerprint density at radius 2 is 2.18 bits per heavy atom. The molecule has 2 aromatic rings. The van der Waals surface area contributed by atoms with Gasteiger partial charge in [-0.1, -0.05) is 17.3 Å². The Labute approximate surface area is 98.4 Å². The van der Waals surface area contributed by atoms with Gasteiger partial charge in [-0.15, -0.1) is 0 Å². The summed E-state index contributed by atoms with van der Waals surface area (Å²) < 4.78 is 5.16. The highest BCUT2D eigenvalue weighted by Crippen LogP contribution is 2.40. The average molecular weight is 228 g/mol. The molecule has 0 spiro atoms. The van der Waals surface area contributed by atoms with Crippen LogP contribution in [0.1, 0.15) is 40.6 Å². The molecule has 4 heteroatoms. The van der Waals surface area contributed by atoms with Gasteiger partial charge in [-0.2, -0.15) is 0 Å². The Bertz CT molecular complexity index is 570. The topological polar surface area (TPSA) is 69.1 Å². The lowest BCUT2D eigenvalue weighted by molar-refractivity contribution is 0.103. The second-order valence-electron chi connectivity index (χ2n) is 4.34. The van der Waals surface area contributed by atoms with Gasteiger partial charge in [-0.05, 0) is 25.0 Å². The zero-order chi connectivity index (χ0) is 11.8. The summed E-state index contributed by atoms with van der Waals surface area (Å²) in [5.74, 6) is 1.13. The van der Waals surface area contributed by atoms with Crippen molar-refractivity contribution in [2.45, 2.75) is 18.8 Å². The molecule has 86 valence electrons. The van der Waals surface area contributed by atoms with Gasteiger partial charge in [0.25, 0.3) is 0 Å². The zero-order valence-corrected chi connectivity index (χ0v) is 9.22. The number of nitrogens with two attached hydrogens (primary N) is 1. The molecule has 1 heterocycles. The maximum atomic E-state index is 12.1. The number of carbonyl (C=O) groups is 1. The number of nitrogens with zero attached hydrogens (tertiary/aromatic N) is 1. The third-order valence-electron chi connectivity index (χ3n) is 2.89. The van der Waals surface area contributed by atoms with E-state index in [2.05, 4.69) is 5.16 Å². The van der Waals surface area contributed by atoms with Gasteiger partial charge >= 0.3 is 0 Å². The van der Waals surface area contributed by atoms with Crippen LogP contribution < -0.4 is 5.73 Å². The molecule has 0 aliphatic heterocycles. The molecule has 0 atom stereocenters. The summed E-state index contributed by atoms with van der Waals surface area (Å²) >= 11 is 0. The van der Waals surface area contributed by atoms with Gasteiger partial charge in [0.1, 0.15) is 5.76 Å². The van der Waals surface area contributed by atoms with Crippen LogP contribution in [0.2, 0.25) is 0 Å². The van der Waals surface area contributed by atoms with E-state index in [0.29, 0.717) is 22.9 Å². The van der Waals surface area contributed by atoms with Gasteiger partial charge in [0.2, 0.25) is 5.78 Å². The average Bonchev–Trinajstić information content (AvgIpc) is 3.07. The van der Waals surface area contributed by atoms with Crippen molar-refractivity contribution in [1.29, 1.82) is 0 Å². The monoisotopic (exact) mass is 228 g/mol. The summed E-state index contributed by atoms with van der Waals surface area (Å²) in [6, 6.07) is 8.61. The van der Waals surface area contributed by atoms with E-state index in [1.807, 2.05) is 0 Å². The van der Waals surface area contributed by atoms with E-state index in [4.69, 9.17) is 10.3 Å². The number of anilines is 1. The minimum Gasteiger partial charge on any atom is -0.399 e. The van der Waals surface area contributed by atoms with E-state index < -0.39 is 0 Å². The van der Waals surface area contributed by atoms with Crippen molar-refractivity contribution in [3.05, 3.63) is 47.3 Å². The summed E-state index contributed by atoms with van der Waals surface area (Å²) in [5, 5.41) is 3.82. The summed E-state index contributed by atoms with van der Waals surface area (Å²) in [6.45, 7) is 0. The first-order chi connectivity index (χ1) is 8.24. The van der Waals surface area contributed by atoms with Gasteiger partial charge in [0.05, 0.1) is 0 Å². The highest BCUT2D eigenvalue weighted by molar-refractivity contribution is 6.08. The Hall–Kier alpha value is -2.10. The van der Waals surface area contributed by atoms with Crippen LogP contribution in [-0.4, -0.2) is 10.9 Å². The Balaban J connectivity index is 1.89. The summed E-state index contributed by atoms with van der Waals surface area (Å²) in [4.78, 5) is 12.1. The fourth-order valence-corrected chi connectivity index (χ4v) is 1.78. The van der Waals surface area contributed by atoms with Crippen molar-refractivity contribution in [3.8, 4) is 0 Å². The van der Waals surface area contributed by atoms with Crippen LogP contribution in [0.5, 0.6) is 0 Å². The summed E-state index contributed by atoms with van der Waals surface area (Å²) in [7, 11) is 0. The summed E-state index contributed by atoms with van der Waals surface area (Å²) in [5.41, 5.74) is 7.11. The van der Waals surface area contributed by atoms with Gasteiger partial charge in [0, 0.05) is 23.2 Å². The minimum atomic E-state index is -0.145. The third-order valence-corrected chi connectivity index (χ3v) is 2.89. The lowest BCUT2D eigenvalue weighted by Gasteiger charge is -1.97. The standard InChI is InChI=1S/C13H12N2O2/c14-10-3-1-2-9(6-10)13(16)11-7-12(17-15-11)8-4-5-8/h1-3,6-8H,4-5,14H2. The Morgan fingerprint density at radius 3 is 2.88 bits per heavy atom. The maximum Gasteiger partial charge on any atom is 0.214 e. The zero-order valence-electron chi connectivity index (χ0n) is 9.22. The van der Waals surface area contributed by atoms with Crippen molar-refractivity contribution in [2.75, 3.05) is 5.73 Å². The maximum absolute atomic E-state index is 12.1. The van der Waals surface area contributed by atoms with Crippen LogP contribution in [0, 0.1) is 0 Å². The van der Waals surface area contributed by atoms with Crippen LogP contribution in [-0.2, 0) is 0 Å². The molecule has 1 aliphatic rings. The fourth-order valence-electron chi connectivity index (χ4n) is 1.78. The van der Waals surface area contributed by atoms with Crippen molar-refractivity contribution < 1.29 is 9.32 Å². The number of nitrogen functional groups attached to an aromatic ring is 1. The third kappa shape index (κ3) is 1.93. The minimum absolute atomic E-state index is 0.145. The smallest absolute Gasteiger partial charge is 0.214 e. The number of ketones is 1. The predicted molar refractivity (Wildman–Crippen MR) is 62.8 cm³/mol. The molecule has 1 saturated carbocycles. The largest absolute Gasteiger partial charge is 0.399 e. The van der Waals surface area contributed by atoms with Crippen LogP contribution in [0.4, 0.5) is 5.69 Å². The molecule has 1 aromatic carbocycles. The van der Waals surface area contributed by atoms with Gasteiger partial charge in [0.15, 0.2) is 5.69 Å². The van der Waals surface area contributed by atoms with Crippen LogP contribution in [0.3, 0.4) is 0 Å². The fraction of sp³-hybridized carbons (Fsp3) is 0.231. The second kappa shape index (κ2) is 3.73. The molecule has 4 nitrogen and oxygen atoms in total. The van der Waals surface area contributed by atoms with E-state index in [0.717, 1.165) is 18.6 Å². The van der Waals surface area contributed by atoms with E-state index in [1.165, 1.54) is 0 Å². The molecule has 0 unspecified atom stereocenters. The first-order valence-electron chi connectivity index (χ1n) is 5.61.